The molecule has 3 nitrogen and oxygen atoms in total. The maximum absolute atomic E-state index is 12.0. The second-order valence-electron chi connectivity index (χ2n) is 5.60. The molecule has 4 heteroatoms. The van der Waals surface area contributed by atoms with E-state index in [9.17, 15) is 4.79 Å². The van der Waals surface area contributed by atoms with Gasteiger partial charge in [0.1, 0.15) is 0 Å². The van der Waals surface area contributed by atoms with Gasteiger partial charge >= 0.3 is 5.97 Å². The van der Waals surface area contributed by atoms with E-state index in [1.165, 1.54) is 10.1 Å². The van der Waals surface area contributed by atoms with Gasteiger partial charge in [0.2, 0.25) is 0 Å². The molecule has 0 amide bonds. The quantitative estimate of drug-likeness (QED) is 0.850. The van der Waals surface area contributed by atoms with Gasteiger partial charge in [-0.3, -0.25) is 4.79 Å². The summed E-state index contributed by atoms with van der Waals surface area (Å²) in [4.78, 5) is 12.0. The number of nitrogens with two attached hydrogens (primary N) is 1. The molecule has 0 spiro atoms. The second-order valence-corrected chi connectivity index (χ2v) is 6.51. The average molecular weight is 291 g/mol. The Kier molecular flexibility index (Phi) is 4.45. The summed E-state index contributed by atoms with van der Waals surface area (Å²) >= 11 is 1.69. The Labute approximate surface area is 123 Å². The van der Waals surface area contributed by atoms with E-state index in [2.05, 4.69) is 17.5 Å². The van der Waals surface area contributed by atoms with E-state index in [1.807, 2.05) is 32.9 Å². The van der Waals surface area contributed by atoms with Crippen LogP contribution in [0.25, 0.3) is 10.1 Å². The van der Waals surface area contributed by atoms with Gasteiger partial charge < -0.3 is 10.5 Å². The fourth-order valence-corrected chi connectivity index (χ4v) is 3.38. The maximum Gasteiger partial charge on any atom is 0.311 e. The number of fused-ring (bicyclic) bond motifs is 1. The Morgan fingerprint density at radius 2 is 2.10 bits per heavy atom. The van der Waals surface area contributed by atoms with E-state index in [0.29, 0.717) is 13.0 Å². The van der Waals surface area contributed by atoms with Crippen LogP contribution >= 0.6 is 11.3 Å². The summed E-state index contributed by atoms with van der Waals surface area (Å²) in [6, 6.07) is 8.05. The number of rotatable bonds is 5. The molecule has 0 radical (unpaired) electrons. The van der Waals surface area contributed by atoms with Gasteiger partial charge in [0, 0.05) is 10.7 Å². The SMILES string of the molecule is CCOC(=O)C(C)(C)CC(N)c1csc2ccccc12. The zero-order valence-corrected chi connectivity index (χ0v) is 13.0. The third kappa shape index (κ3) is 3.02. The van der Waals surface area contributed by atoms with E-state index >= 15 is 0 Å². The minimum absolute atomic E-state index is 0.162. The number of ether oxygens (including phenoxy) is 1. The number of benzene rings is 1. The molecule has 0 bridgehead atoms. The molecule has 0 aliphatic rings. The van der Waals surface area contributed by atoms with Crippen molar-refractivity contribution in [3.63, 3.8) is 0 Å². The molecule has 1 atom stereocenters. The van der Waals surface area contributed by atoms with Gasteiger partial charge in [-0.1, -0.05) is 18.2 Å². The first-order chi connectivity index (χ1) is 9.45. The minimum atomic E-state index is -0.571. The summed E-state index contributed by atoms with van der Waals surface area (Å²) in [7, 11) is 0. The topological polar surface area (TPSA) is 52.3 Å². The number of esters is 1. The standard InChI is InChI=1S/C16H21NO2S/c1-4-19-15(18)16(2,3)9-13(17)12-10-20-14-8-6-5-7-11(12)14/h5-8,10,13H,4,9,17H2,1-3H3. The van der Waals surface area contributed by atoms with Gasteiger partial charge in [-0.2, -0.15) is 0 Å². The van der Waals surface area contributed by atoms with Gasteiger partial charge in [0.15, 0.2) is 0 Å². The van der Waals surface area contributed by atoms with Crippen LogP contribution in [-0.4, -0.2) is 12.6 Å². The molecule has 0 aliphatic carbocycles. The van der Waals surface area contributed by atoms with Crippen LogP contribution in [0.2, 0.25) is 0 Å². The predicted molar refractivity (Wildman–Crippen MR) is 83.8 cm³/mol. The van der Waals surface area contributed by atoms with Crippen LogP contribution < -0.4 is 5.73 Å². The Morgan fingerprint density at radius 3 is 2.80 bits per heavy atom. The lowest BCUT2D eigenvalue weighted by Crippen LogP contribution is -2.30. The van der Waals surface area contributed by atoms with Crippen molar-refractivity contribution >= 4 is 27.4 Å². The van der Waals surface area contributed by atoms with E-state index in [0.717, 1.165) is 5.56 Å². The van der Waals surface area contributed by atoms with Crippen LogP contribution in [0.1, 0.15) is 38.8 Å². The van der Waals surface area contributed by atoms with Crippen molar-refractivity contribution in [2.45, 2.75) is 33.2 Å². The van der Waals surface area contributed by atoms with Gasteiger partial charge in [0.25, 0.3) is 0 Å². The van der Waals surface area contributed by atoms with Crippen LogP contribution in [-0.2, 0) is 9.53 Å². The van der Waals surface area contributed by atoms with Crippen molar-refractivity contribution in [3.05, 3.63) is 35.2 Å². The minimum Gasteiger partial charge on any atom is -0.466 e. The van der Waals surface area contributed by atoms with E-state index < -0.39 is 5.41 Å². The third-order valence-corrected chi connectivity index (χ3v) is 4.45. The van der Waals surface area contributed by atoms with Crippen LogP contribution in [0.3, 0.4) is 0 Å². The molecule has 1 unspecified atom stereocenters. The monoisotopic (exact) mass is 291 g/mol. The lowest BCUT2D eigenvalue weighted by molar-refractivity contribution is -0.154. The highest BCUT2D eigenvalue weighted by Crippen LogP contribution is 2.35. The number of carbonyl (C=O) groups excluding carboxylic acids is 1. The van der Waals surface area contributed by atoms with Crippen LogP contribution in [0.4, 0.5) is 0 Å². The molecule has 20 heavy (non-hydrogen) atoms. The largest absolute Gasteiger partial charge is 0.466 e. The molecule has 2 aromatic rings. The summed E-state index contributed by atoms with van der Waals surface area (Å²) in [5.41, 5.74) is 6.87. The molecular formula is C16H21NO2S. The smallest absolute Gasteiger partial charge is 0.311 e. The maximum atomic E-state index is 12.0. The lowest BCUT2D eigenvalue weighted by Gasteiger charge is -2.25. The first-order valence-electron chi connectivity index (χ1n) is 6.84. The molecule has 108 valence electrons. The van der Waals surface area contributed by atoms with Crippen molar-refractivity contribution < 1.29 is 9.53 Å². The average Bonchev–Trinajstić information content (AvgIpc) is 2.82. The summed E-state index contributed by atoms with van der Waals surface area (Å²) in [6.07, 6.45) is 0.576. The van der Waals surface area contributed by atoms with Crippen molar-refractivity contribution in [1.82, 2.24) is 0 Å². The fraction of sp³-hybridized carbons (Fsp3) is 0.438. The predicted octanol–water partition coefficient (Wildman–Crippen LogP) is 3.88. The fourth-order valence-electron chi connectivity index (χ4n) is 2.36. The molecule has 0 aliphatic heterocycles. The Balaban J connectivity index is 2.19. The number of hydrogen-bond acceptors (Lipinski definition) is 4. The normalized spacial score (nSPS) is 13.4. The summed E-state index contributed by atoms with van der Waals surface area (Å²) in [5, 5.41) is 3.28. The van der Waals surface area contributed by atoms with Crippen molar-refractivity contribution in [2.24, 2.45) is 11.1 Å². The lowest BCUT2D eigenvalue weighted by atomic mass is 9.84. The highest BCUT2D eigenvalue weighted by atomic mass is 32.1. The molecule has 2 N–H and O–H groups in total. The second kappa shape index (κ2) is 5.94. The molecule has 0 fully saturated rings. The van der Waals surface area contributed by atoms with Gasteiger partial charge in [-0.25, -0.2) is 0 Å². The van der Waals surface area contributed by atoms with Crippen LogP contribution in [0.5, 0.6) is 0 Å². The molecule has 0 saturated carbocycles. The highest BCUT2D eigenvalue weighted by Gasteiger charge is 2.32. The van der Waals surface area contributed by atoms with Crippen molar-refractivity contribution in [2.75, 3.05) is 6.61 Å². The van der Waals surface area contributed by atoms with Crippen molar-refractivity contribution in [3.8, 4) is 0 Å². The van der Waals surface area contributed by atoms with Gasteiger partial charge in [-0.15, -0.1) is 11.3 Å². The molecular weight excluding hydrogens is 270 g/mol. The zero-order valence-electron chi connectivity index (χ0n) is 12.2. The third-order valence-electron chi connectivity index (χ3n) is 3.47. The summed E-state index contributed by atoms with van der Waals surface area (Å²) in [6.45, 7) is 6.00. The Hall–Kier alpha value is -1.39. The van der Waals surface area contributed by atoms with Gasteiger partial charge in [0.05, 0.1) is 12.0 Å². The summed E-state index contributed by atoms with van der Waals surface area (Å²) < 4.78 is 6.35. The molecule has 2 rings (SSSR count). The van der Waals surface area contributed by atoms with Crippen LogP contribution in [0.15, 0.2) is 29.6 Å². The molecule has 0 saturated heterocycles. The van der Waals surface area contributed by atoms with E-state index in [-0.39, 0.29) is 12.0 Å². The van der Waals surface area contributed by atoms with Crippen molar-refractivity contribution in [1.29, 1.82) is 0 Å². The van der Waals surface area contributed by atoms with E-state index in [4.69, 9.17) is 10.5 Å². The molecule has 1 aromatic carbocycles. The highest BCUT2D eigenvalue weighted by molar-refractivity contribution is 7.17. The van der Waals surface area contributed by atoms with E-state index in [1.54, 1.807) is 11.3 Å². The summed E-state index contributed by atoms with van der Waals surface area (Å²) in [5.74, 6) is -0.185. The number of carbonyl (C=O) groups is 1. The first-order valence-corrected chi connectivity index (χ1v) is 7.72. The molecule has 1 aromatic heterocycles. The number of thiophene rings is 1. The van der Waals surface area contributed by atoms with Crippen LogP contribution in [0, 0.1) is 5.41 Å². The van der Waals surface area contributed by atoms with Gasteiger partial charge in [-0.05, 0) is 49.6 Å². The molecule has 1 heterocycles. The Morgan fingerprint density at radius 1 is 1.40 bits per heavy atom. The Bertz CT molecular complexity index is 603. The zero-order chi connectivity index (χ0) is 14.8. The number of hydrogen-bond donors (Lipinski definition) is 1. The first kappa shape index (κ1) is 15.0.